The molecule has 0 bridgehead atoms. The number of hydrogen-bond acceptors (Lipinski definition) is 2. The number of para-hydroxylation sites is 1. The standard InChI is InChI=1S/C12H14O3/c1-12(2,8-7-11(14)15)9-5-3-4-6-10(9)13/h3-8,13H,1-2H3,(H,14,15)/b8-7+. The van der Waals surface area contributed by atoms with E-state index in [0.717, 1.165) is 6.08 Å². The predicted molar refractivity (Wildman–Crippen MR) is 57.9 cm³/mol. The average Bonchev–Trinajstić information content (AvgIpc) is 2.15. The highest BCUT2D eigenvalue weighted by molar-refractivity contribution is 5.80. The third-order valence-electron chi connectivity index (χ3n) is 2.24. The fourth-order valence-electron chi connectivity index (χ4n) is 1.39. The molecule has 0 amide bonds. The molecule has 0 fully saturated rings. The normalized spacial score (nSPS) is 11.9. The molecule has 1 rings (SSSR count). The second kappa shape index (κ2) is 4.17. The average molecular weight is 206 g/mol. The second-order valence-corrected chi connectivity index (χ2v) is 3.91. The van der Waals surface area contributed by atoms with Crippen molar-refractivity contribution in [3.8, 4) is 5.75 Å². The van der Waals surface area contributed by atoms with Gasteiger partial charge >= 0.3 is 5.97 Å². The summed E-state index contributed by atoms with van der Waals surface area (Å²) in [6, 6.07) is 6.91. The third-order valence-corrected chi connectivity index (χ3v) is 2.24. The molecule has 0 saturated carbocycles. The Morgan fingerprint density at radius 3 is 2.47 bits per heavy atom. The Labute approximate surface area is 88.7 Å². The summed E-state index contributed by atoms with van der Waals surface area (Å²) in [5, 5.41) is 18.2. The lowest BCUT2D eigenvalue weighted by Crippen LogP contribution is -2.14. The van der Waals surface area contributed by atoms with E-state index in [0.29, 0.717) is 5.56 Å². The number of carboxylic acids is 1. The van der Waals surface area contributed by atoms with Crippen LogP contribution in [0.15, 0.2) is 36.4 Å². The smallest absolute Gasteiger partial charge is 0.328 e. The molecular weight excluding hydrogens is 192 g/mol. The third kappa shape index (κ3) is 2.84. The van der Waals surface area contributed by atoms with Crippen LogP contribution in [0.5, 0.6) is 5.75 Å². The molecule has 0 aliphatic heterocycles. The van der Waals surface area contributed by atoms with Crippen molar-refractivity contribution in [2.75, 3.05) is 0 Å². The number of rotatable bonds is 3. The predicted octanol–water partition coefficient (Wildman–Crippen LogP) is 2.31. The zero-order valence-corrected chi connectivity index (χ0v) is 8.77. The highest BCUT2D eigenvalue weighted by Crippen LogP contribution is 2.31. The quantitative estimate of drug-likeness (QED) is 0.746. The molecule has 80 valence electrons. The van der Waals surface area contributed by atoms with Gasteiger partial charge in [-0.15, -0.1) is 0 Å². The molecule has 0 radical (unpaired) electrons. The minimum absolute atomic E-state index is 0.178. The summed E-state index contributed by atoms with van der Waals surface area (Å²) in [7, 11) is 0. The molecule has 1 aromatic rings. The molecule has 3 heteroatoms. The number of aromatic hydroxyl groups is 1. The maximum atomic E-state index is 10.4. The number of benzene rings is 1. The van der Waals surface area contributed by atoms with Gasteiger partial charge in [0.1, 0.15) is 5.75 Å². The largest absolute Gasteiger partial charge is 0.508 e. The van der Waals surface area contributed by atoms with Gasteiger partial charge in [-0.1, -0.05) is 38.1 Å². The Morgan fingerprint density at radius 2 is 1.93 bits per heavy atom. The Morgan fingerprint density at radius 1 is 1.33 bits per heavy atom. The number of phenolic OH excluding ortho intramolecular Hbond substituents is 1. The van der Waals surface area contributed by atoms with Crippen LogP contribution in [0.1, 0.15) is 19.4 Å². The maximum Gasteiger partial charge on any atom is 0.328 e. The maximum absolute atomic E-state index is 10.4. The number of allylic oxidation sites excluding steroid dienone is 1. The summed E-state index contributed by atoms with van der Waals surface area (Å²) >= 11 is 0. The van der Waals surface area contributed by atoms with Crippen LogP contribution in [-0.2, 0) is 10.2 Å². The zero-order valence-electron chi connectivity index (χ0n) is 8.77. The highest BCUT2D eigenvalue weighted by atomic mass is 16.4. The van der Waals surface area contributed by atoms with Gasteiger partial charge < -0.3 is 10.2 Å². The highest BCUT2D eigenvalue weighted by Gasteiger charge is 2.20. The van der Waals surface area contributed by atoms with E-state index in [2.05, 4.69) is 0 Å². The van der Waals surface area contributed by atoms with Gasteiger partial charge in [0, 0.05) is 17.1 Å². The van der Waals surface area contributed by atoms with Gasteiger partial charge in [0.2, 0.25) is 0 Å². The van der Waals surface area contributed by atoms with Crippen LogP contribution < -0.4 is 0 Å². The summed E-state index contributed by atoms with van der Waals surface area (Å²) in [5.74, 6) is -0.809. The van der Waals surface area contributed by atoms with E-state index < -0.39 is 11.4 Å². The Hall–Kier alpha value is -1.77. The minimum atomic E-state index is -0.988. The van der Waals surface area contributed by atoms with Gasteiger partial charge in [-0.25, -0.2) is 4.79 Å². The van der Waals surface area contributed by atoms with Gasteiger partial charge in [0.05, 0.1) is 0 Å². The molecule has 0 unspecified atom stereocenters. The van der Waals surface area contributed by atoms with Crippen LogP contribution in [0.4, 0.5) is 0 Å². The zero-order chi connectivity index (χ0) is 11.5. The first-order chi connectivity index (χ1) is 6.93. The fraction of sp³-hybridized carbons (Fsp3) is 0.250. The molecule has 0 aliphatic rings. The Kier molecular flexibility index (Phi) is 3.14. The van der Waals surface area contributed by atoms with E-state index in [1.165, 1.54) is 0 Å². The Balaban J connectivity index is 3.06. The lowest BCUT2D eigenvalue weighted by atomic mass is 9.84. The van der Waals surface area contributed by atoms with Crippen molar-refractivity contribution in [2.45, 2.75) is 19.3 Å². The van der Waals surface area contributed by atoms with E-state index in [1.807, 2.05) is 19.9 Å². The molecule has 15 heavy (non-hydrogen) atoms. The number of hydrogen-bond donors (Lipinski definition) is 2. The molecule has 0 aliphatic carbocycles. The molecular formula is C12H14O3. The summed E-state index contributed by atoms with van der Waals surface area (Å²) in [6.07, 6.45) is 2.65. The molecule has 0 spiro atoms. The fourth-order valence-corrected chi connectivity index (χ4v) is 1.39. The van der Waals surface area contributed by atoms with Crippen molar-refractivity contribution < 1.29 is 15.0 Å². The van der Waals surface area contributed by atoms with Crippen LogP contribution in [0.3, 0.4) is 0 Å². The van der Waals surface area contributed by atoms with E-state index >= 15 is 0 Å². The molecule has 3 nitrogen and oxygen atoms in total. The van der Waals surface area contributed by atoms with Crippen LogP contribution in [0.25, 0.3) is 0 Å². The minimum Gasteiger partial charge on any atom is -0.508 e. The summed E-state index contributed by atoms with van der Waals surface area (Å²) in [6.45, 7) is 3.70. The van der Waals surface area contributed by atoms with Crippen LogP contribution >= 0.6 is 0 Å². The first-order valence-electron chi connectivity index (χ1n) is 4.64. The molecule has 0 atom stereocenters. The number of carbonyl (C=O) groups is 1. The van der Waals surface area contributed by atoms with Gasteiger partial charge in [0.15, 0.2) is 0 Å². The first-order valence-corrected chi connectivity index (χ1v) is 4.64. The van der Waals surface area contributed by atoms with Crippen LogP contribution in [-0.4, -0.2) is 16.2 Å². The summed E-state index contributed by atoms with van der Waals surface area (Å²) < 4.78 is 0. The summed E-state index contributed by atoms with van der Waals surface area (Å²) in [4.78, 5) is 10.4. The first kappa shape index (κ1) is 11.3. The lowest BCUT2D eigenvalue weighted by molar-refractivity contribution is -0.131. The lowest BCUT2D eigenvalue weighted by Gasteiger charge is -2.21. The number of carboxylic acid groups (broad SMARTS) is 1. The summed E-state index contributed by atoms with van der Waals surface area (Å²) in [5.41, 5.74) is 0.214. The molecule has 0 aromatic heterocycles. The second-order valence-electron chi connectivity index (χ2n) is 3.91. The van der Waals surface area contributed by atoms with Crippen molar-refractivity contribution in [1.82, 2.24) is 0 Å². The van der Waals surface area contributed by atoms with Crippen molar-refractivity contribution in [3.05, 3.63) is 42.0 Å². The number of aliphatic carboxylic acids is 1. The Bertz CT molecular complexity index is 392. The monoisotopic (exact) mass is 206 g/mol. The number of phenols is 1. The van der Waals surface area contributed by atoms with E-state index in [1.54, 1.807) is 24.3 Å². The van der Waals surface area contributed by atoms with Gasteiger partial charge in [-0.05, 0) is 6.07 Å². The topological polar surface area (TPSA) is 57.5 Å². The van der Waals surface area contributed by atoms with Crippen LogP contribution in [0.2, 0.25) is 0 Å². The van der Waals surface area contributed by atoms with Crippen LogP contribution in [0, 0.1) is 0 Å². The van der Waals surface area contributed by atoms with E-state index in [9.17, 15) is 9.90 Å². The van der Waals surface area contributed by atoms with Gasteiger partial charge in [-0.3, -0.25) is 0 Å². The van der Waals surface area contributed by atoms with Gasteiger partial charge in [-0.2, -0.15) is 0 Å². The van der Waals surface area contributed by atoms with Crippen molar-refractivity contribution in [3.63, 3.8) is 0 Å². The van der Waals surface area contributed by atoms with E-state index in [-0.39, 0.29) is 5.75 Å². The molecule has 0 heterocycles. The molecule has 2 N–H and O–H groups in total. The SMILES string of the molecule is CC(C)(/C=C/C(=O)O)c1ccccc1O. The van der Waals surface area contributed by atoms with Crippen molar-refractivity contribution >= 4 is 5.97 Å². The van der Waals surface area contributed by atoms with Crippen molar-refractivity contribution in [2.24, 2.45) is 0 Å². The molecule has 0 saturated heterocycles. The van der Waals surface area contributed by atoms with E-state index in [4.69, 9.17) is 5.11 Å². The molecule has 1 aromatic carbocycles. The van der Waals surface area contributed by atoms with Gasteiger partial charge in [0.25, 0.3) is 0 Å². The van der Waals surface area contributed by atoms with Crippen molar-refractivity contribution in [1.29, 1.82) is 0 Å².